The number of nitrogens with one attached hydrogen (secondary N) is 1. The molecule has 0 saturated heterocycles. The first-order valence-corrected chi connectivity index (χ1v) is 5.71. The van der Waals surface area contributed by atoms with Crippen molar-refractivity contribution < 1.29 is 5.21 Å². The molecule has 3 aliphatic rings. The van der Waals surface area contributed by atoms with Crippen LogP contribution >= 0.6 is 0 Å². The normalized spacial score (nSPS) is 30.9. The van der Waals surface area contributed by atoms with Crippen molar-refractivity contribution in [3.63, 3.8) is 0 Å². The van der Waals surface area contributed by atoms with Crippen molar-refractivity contribution in [1.82, 2.24) is 9.94 Å². The van der Waals surface area contributed by atoms with E-state index in [1.54, 1.807) is 0 Å². The highest BCUT2D eigenvalue weighted by molar-refractivity contribution is 5.90. The zero-order valence-electron chi connectivity index (χ0n) is 8.85. The SMILES string of the molecule is On1nc(NC23CC(C2)C3)c2ccccc21. The first-order chi connectivity index (χ1) is 7.76. The van der Waals surface area contributed by atoms with Crippen LogP contribution in [-0.4, -0.2) is 20.7 Å². The zero-order chi connectivity index (χ0) is 10.8. The maximum Gasteiger partial charge on any atom is 0.160 e. The Kier molecular flexibility index (Phi) is 1.32. The van der Waals surface area contributed by atoms with Crippen LogP contribution in [0.15, 0.2) is 24.3 Å². The van der Waals surface area contributed by atoms with E-state index < -0.39 is 0 Å². The lowest BCUT2D eigenvalue weighted by atomic mass is 9.50. The van der Waals surface area contributed by atoms with Crippen molar-refractivity contribution in [2.45, 2.75) is 24.8 Å². The Bertz CT molecular complexity index is 558. The van der Waals surface area contributed by atoms with Crippen LogP contribution < -0.4 is 5.32 Å². The van der Waals surface area contributed by atoms with Gasteiger partial charge in [-0.05, 0) is 37.3 Å². The van der Waals surface area contributed by atoms with E-state index in [1.165, 1.54) is 19.3 Å². The Morgan fingerprint density at radius 2 is 2.06 bits per heavy atom. The van der Waals surface area contributed by atoms with Gasteiger partial charge in [0.2, 0.25) is 0 Å². The Morgan fingerprint density at radius 3 is 2.75 bits per heavy atom. The molecule has 5 rings (SSSR count). The maximum atomic E-state index is 9.66. The van der Waals surface area contributed by atoms with Crippen molar-refractivity contribution in [1.29, 1.82) is 0 Å². The molecule has 3 fully saturated rings. The van der Waals surface area contributed by atoms with Gasteiger partial charge in [0.15, 0.2) is 5.82 Å². The summed E-state index contributed by atoms with van der Waals surface area (Å²) < 4.78 is 0. The Balaban J connectivity index is 1.79. The number of nitrogens with zero attached hydrogens (tertiary/aromatic N) is 2. The molecule has 0 aliphatic heterocycles. The highest BCUT2D eigenvalue weighted by atomic mass is 16.5. The second kappa shape index (κ2) is 2.51. The molecule has 2 aromatic rings. The van der Waals surface area contributed by atoms with Crippen LogP contribution in [0.5, 0.6) is 0 Å². The van der Waals surface area contributed by atoms with Gasteiger partial charge in [0, 0.05) is 10.9 Å². The maximum absolute atomic E-state index is 9.66. The molecular weight excluding hydrogens is 202 g/mol. The molecule has 1 aromatic carbocycles. The molecule has 4 heteroatoms. The van der Waals surface area contributed by atoms with Gasteiger partial charge < -0.3 is 10.5 Å². The van der Waals surface area contributed by atoms with E-state index in [-0.39, 0.29) is 0 Å². The molecule has 3 aliphatic carbocycles. The van der Waals surface area contributed by atoms with Gasteiger partial charge in [0.1, 0.15) is 5.52 Å². The molecule has 4 nitrogen and oxygen atoms in total. The quantitative estimate of drug-likeness (QED) is 0.755. The van der Waals surface area contributed by atoms with Crippen LogP contribution in [0.25, 0.3) is 10.9 Å². The fraction of sp³-hybridized carbons (Fsp3) is 0.417. The minimum Gasteiger partial charge on any atom is -0.411 e. The van der Waals surface area contributed by atoms with E-state index in [0.717, 1.165) is 27.5 Å². The summed E-state index contributed by atoms with van der Waals surface area (Å²) in [5.41, 5.74) is 1.05. The topological polar surface area (TPSA) is 50.1 Å². The predicted octanol–water partition coefficient (Wildman–Crippen LogP) is 2.24. The van der Waals surface area contributed by atoms with Gasteiger partial charge in [0.25, 0.3) is 0 Å². The number of fused-ring (bicyclic) bond motifs is 1. The molecular formula is C12H13N3O. The van der Waals surface area contributed by atoms with Crippen LogP contribution in [0.3, 0.4) is 0 Å². The summed E-state index contributed by atoms with van der Waals surface area (Å²) >= 11 is 0. The average molecular weight is 215 g/mol. The van der Waals surface area contributed by atoms with E-state index in [0.29, 0.717) is 5.54 Å². The molecule has 0 spiro atoms. The van der Waals surface area contributed by atoms with Gasteiger partial charge in [0.05, 0.1) is 0 Å². The molecule has 2 N–H and O–H groups in total. The van der Waals surface area contributed by atoms with Crippen molar-refractivity contribution in [2.75, 3.05) is 5.32 Å². The lowest BCUT2D eigenvalue weighted by Gasteiger charge is -2.62. The molecule has 0 unspecified atom stereocenters. The largest absolute Gasteiger partial charge is 0.411 e. The fourth-order valence-corrected chi connectivity index (χ4v) is 3.03. The molecule has 82 valence electrons. The van der Waals surface area contributed by atoms with Gasteiger partial charge in [-0.15, -0.1) is 5.10 Å². The highest BCUT2D eigenvalue weighted by Crippen LogP contribution is 2.58. The smallest absolute Gasteiger partial charge is 0.160 e. The minimum atomic E-state index is 0.293. The minimum absolute atomic E-state index is 0.293. The van der Waals surface area contributed by atoms with Crippen molar-refractivity contribution in [3.05, 3.63) is 24.3 Å². The summed E-state index contributed by atoms with van der Waals surface area (Å²) in [6, 6.07) is 7.73. The van der Waals surface area contributed by atoms with E-state index in [4.69, 9.17) is 0 Å². The summed E-state index contributed by atoms with van der Waals surface area (Å²) in [6.45, 7) is 0. The second-order valence-electron chi connectivity index (χ2n) is 5.14. The lowest BCUT2D eigenvalue weighted by Crippen LogP contribution is -2.63. The molecule has 2 bridgehead atoms. The molecule has 1 aromatic heterocycles. The third-order valence-corrected chi connectivity index (χ3v) is 3.99. The summed E-state index contributed by atoms with van der Waals surface area (Å²) in [7, 11) is 0. The summed E-state index contributed by atoms with van der Waals surface area (Å²) in [6.07, 6.45) is 3.79. The Morgan fingerprint density at radius 1 is 1.31 bits per heavy atom. The highest BCUT2D eigenvalue weighted by Gasteiger charge is 2.57. The van der Waals surface area contributed by atoms with Gasteiger partial charge in [-0.3, -0.25) is 0 Å². The number of hydrogen-bond donors (Lipinski definition) is 2. The van der Waals surface area contributed by atoms with Crippen LogP contribution in [0.4, 0.5) is 5.82 Å². The van der Waals surface area contributed by atoms with Crippen molar-refractivity contribution in [3.8, 4) is 0 Å². The molecule has 0 radical (unpaired) electrons. The van der Waals surface area contributed by atoms with Crippen LogP contribution in [0, 0.1) is 5.92 Å². The predicted molar refractivity (Wildman–Crippen MR) is 60.6 cm³/mol. The van der Waals surface area contributed by atoms with Gasteiger partial charge in [-0.2, -0.15) is 0 Å². The monoisotopic (exact) mass is 215 g/mol. The van der Waals surface area contributed by atoms with E-state index in [1.807, 2.05) is 24.3 Å². The first kappa shape index (κ1) is 8.44. The zero-order valence-corrected chi connectivity index (χ0v) is 8.85. The van der Waals surface area contributed by atoms with Gasteiger partial charge in [-0.1, -0.05) is 17.0 Å². The van der Waals surface area contributed by atoms with Crippen LogP contribution in [-0.2, 0) is 0 Å². The third kappa shape index (κ3) is 0.919. The Hall–Kier alpha value is -1.71. The molecule has 3 saturated carbocycles. The first-order valence-electron chi connectivity index (χ1n) is 5.71. The fourth-order valence-electron chi connectivity index (χ4n) is 3.03. The van der Waals surface area contributed by atoms with E-state index >= 15 is 0 Å². The molecule has 0 amide bonds. The van der Waals surface area contributed by atoms with E-state index in [2.05, 4.69) is 10.4 Å². The number of hydrogen-bond acceptors (Lipinski definition) is 3. The molecule has 0 atom stereocenters. The van der Waals surface area contributed by atoms with E-state index in [9.17, 15) is 5.21 Å². The summed E-state index contributed by atoms with van der Waals surface area (Å²) in [5.74, 6) is 1.76. The Labute approximate surface area is 92.8 Å². The summed E-state index contributed by atoms with van der Waals surface area (Å²) in [5, 5.41) is 18.3. The lowest BCUT2D eigenvalue weighted by molar-refractivity contribution is 0.00165. The third-order valence-electron chi connectivity index (χ3n) is 3.99. The number of rotatable bonds is 2. The number of aromatic nitrogens is 2. The number of anilines is 1. The standard InChI is InChI=1S/C12H13N3O/c16-15-10-4-2-1-3-9(10)11(14-15)13-12-5-8(6-12)7-12/h1-4,8,16H,5-7H2,(H,13,14). The number of para-hydroxylation sites is 1. The molecule has 16 heavy (non-hydrogen) atoms. The van der Waals surface area contributed by atoms with Crippen LogP contribution in [0.2, 0.25) is 0 Å². The molecule has 1 heterocycles. The second-order valence-corrected chi connectivity index (χ2v) is 5.14. The average Bonchev–Trinajstić information content (AvgIpc) is 2.49. The van der Waals surface area contributed by atoms with Crippen LogP contribution in [0.1, 0.15) is 19.3 Å². The van der Waals surface area contributed by atoms with Crippen molar-refractivity contribution in [2.24, 2.45) is 5.92 Å². The summed E-state index contributed by atoms with van der Waals surface area (Å²) in [4.78, 5) is 0.961. The number of benzene rings is 1. The van der Waals surface area contributed by atoms with Gasteiger partial charge in [-0.25, -0.2) is 0 Å². The van der Waals surface area contributed by atoms with Crippen molar-refractivity contribution >= 4 is 16.7 Å². The van der Waals surface area contributed by atoms with Gasteiger partial charge >= 0.3 is 0 Å².